The number of hydrogen-bond acceptors (Lipinski definition) is 4. The minimum absolute atomic E-state index is 0.0146. The number of carbonyl (C=O) groups excluding carboxylic acids is 3. The van der Waals surface area contributed by atoms with Crippen LogP contribution < -0.4 is 5.73 Å². The number of nitrogens with zero attached hydrogens (tertiary/aromatic N) is 2. The number of ether oxygens (including phenoxy) is 1. The lowest BCUT2D eigenvalue weighted by molar-refractivity contribution is -0.136. The molecule has 2 atom stereocenters. The van der Waals surface area contributed by atoms with Crippen molar-refractivity contribution in [2.45, 2.75) is 39.3 Å². The lowest BCUT2D eigenvalue weighted by atomic mass is 9.88. The Morgan fingerprint density at radius 1 is 1.22 bits per heavy atom. The fraction of sp³-hybridized carbons (Fsp3) is 0.550. The zero-order valence-electron chi connectivity index (χ0n) is 16.5. The van der Waals surface area contributed by atoms with Gasteiger partial charge < -0.3 is 20.3 Å². The molecular weight excluding hydrogens is 346 g/mol. The Morgan fingerprint density at radius 3 is 2.37 bits per heavy atom. The van der Waals surface area contributed by atoms with Crippen molar-refractivity contribution in [1.82, 2.24) is 9.80 Å². The summed E-state index contributed by atoms with van der Waals surface area (Å²) in [7, 11) is 1.74. The summed E-state index contributed by atoms with van der Waals surface area (Å²) in [6, 6.07) is 7.78. The van der Waals surface area contributed by atoms with Gasteiger partial charge in [0.2, 0.25) is 17.7 Å². The summed E-state index contributed by atoms with van der Waals surface area (Å²) >= 11 is 0. The van der Waals surface area contributed by atoms with Crippen LogP contribution in [-0.4, -0.2) is 60.4 Å². The van der Waals surface area contributed by atoms with E-state index in [-0.39, 0.29) is 42.3 Å². The molecule has 0 unspecified atom stereocenters. The lowest BCUT2D eigenvalue weighted by Gasteiger charge is -2.19. The third kappa shape index (κ3) is 5.53. The van der Waals surface area contributed by atoms with Crippen LogP contribution in [0.4, 0.5) is 0 Å². The average molecular weight is 375 g/mol. The molecule has 0 bridgehead atoms. The van der Waals surface area contributed by atoms with Crippen molar-refractivity contribution in [2.75, 3.05) is 26.7 Å². The maximum absolute atomic E-state index is 12.1. The second-order valence-electron chi connectivity index (χ2n) is 7.39. The molecule has 1 fully saturated rings. The van der Waals surface area contributed by atoms with E-state index in [9.17, 15) is 14.4 Å². The molecule has 7 nitrogen and oxygen atoms in total. The number of amides is 3. The minimum Gasteiger partial charge on any atom is -0.369 e. The predicted molar refractivity (Wildman–Crippen MR) is 102 cm³/mol. The van der Waals surface area contributed by atoms with Crippen LogP contribution in [0.2, 0.25) is 0 Å². The summed E-state index contributed by atoms with van der Waals surface area (Å²) in [6.07, 6.45) is 0.0146. The summed E-state index contributed by atoms with van der Waals surface area (Å²) in [5.74, 6) is -0.988. The molecule has 1 aromatic carbocycles. The van der Waals surface area contributed by atoms with E-state index in [2.05, 4.69) is 0 Å². The van der Waals surface area contributed by atoms with Crippen molar-refractivity contribution >= 4 is 17.7 Å². The highest BCUT2D eigenvalue weighted by molar-refractivity contribution is 5.81. The maximum atomic E-state index is 12.1. The topological polar surface area (TPSA) is 92.9 Å². The molecule has 1 aliphatic heterocycles. The monoisotopic (exact) mass is 375 g/mol. The molecule has 7 heteroatoms. The SMILES string of the molecule is CC(=O)N1C[C@H](C(N)=O)[C@@H](c2ccc(CN(C)C(=O)COC(C)C)cc2)C1. The van der Waals surface area contributed by atoms with Crippen LogP contribution in [0.25, 0.3) is 0 Å². The summed E-state index contributed by atoms with van der Waals surface area (Å²) in [5, 5.41) is 0. The van der Waals surface area contributed by atoms with Gasteiger partial charge in [-0.25, -0.2) is 0 Å². The molecule has 2 N–H and O–H groups in total. The first-order chi connectivity index (χ1) is 12.7. The van der Waals surface area contributed by atoms with Crippen molar-refractivity contribution in [3.05, 3.63) is 35.4 Å². The van der Waals surface area contributed by atoms with Crippen LogP contribution in [0.5, 0.6) is 0 Å². The first kappa shape index (κ1) is 20.9. The van der Waals surface area contributed by atoms with Gasteiger partial charge in [-0.05, 0) is 25.0 Å². The number of carbonyl (C=O) groups is 3. The largest absolute Gasteiger partial charge is 0.369 e. The smallest absolute Gasteiger partial charge is 0.248 e. The third-order valence-corrected chi connectivity index (χ3v) is 4.92. The fourth-order valence-electron chi connectivity index (χ4n) is 3.27. The number of primary amides is 1. The van der Waals surface area contributed by atoms with Gasteiger partial charge in [0, 0.05) is 39.5 Å². The highest BCUT2D eigenvalue weighted by atomic mass is 16.5. The molecule has 3 amide bonds. The van der Waals surface area contributed by atoms with Crippen molar-refractivity contribution in [3.63, 3.8) is 0 Å². The van der Waals surface area contributed by atoms with E-state index in [1.54, 1.807) is 16.8 Å². The fourth-order valence-corrected chi connectivity index (χ4v) is 3.27. The molecule has 27 heavy (non-hydrogen) atoms. The molecule has 2 rings (SSSR count). The van der Waals surface area contributed by atoms with Crippen molar-refractivity contribution < 1.29 is 19.1 Å². The van der Waals surface area contributed by atoms with Gasteiger partial charge in [0.05, 0.1) is 12.0 Å². The van der Waals surface area contributed by atoms with Gasteiger partial charge in [-0.15, -0.1) is 0 Å². The third-order valence-electron chi connectivity index (χ3n) is 4.92. The molecule has 1 aromatic rings. The molecule has 0 aliphatic carbocycles. The molecule has 0 saturated carbocycles. The van der Waals surface area contributed by atoms with Crippen molar-refractivity contribution in [1.29, 1.82) is 0 Å². The zero-order chi connectivity index (χ0) is 20.1. The van der Waals surface area contributed by atoms with Crippen molar-refractivity contribution in [3.8, 4) is 0 Å². The minimum atomic E-state index is -0.386. The predicted octanol–water partition coefficient (Wildman–Crippen LogP) is 1.12. The van der Waals surface area contributed by atoms with Gasteiger partial charge in [-0.3, -0.25) is 14.4 Å². The summed E-state index contributed by atoms with van der Waals surface area (Å²) < 4.78 is 5.35. The highest BCUT2D eigenvalue weighted by Crippen LogP contribution is 2.32. The first-order valence-electron chi connectivity index (χ1n) is 9.18. The quantitative estimate of drug-likeness (QED) is 0.773. The standard InChI is InChI=1S/C20H29N3O4/c1-13(2)27-12-19(25)22(4)9-15-5-7-16(8-6-15)17-10-23(14(3)24)11-18(17)20(21)26/h5-8,13,17-18H,9-12H2,1-4H3,(H2,21,26)/t17-,18+/m1/s1. The van der Waals surface area contributed by atoms with Gasteiger partial charge in [-0.1, -0.05) is 24.3 Å². The Morgan fingerprint density at radius 2 is 1.85 bits per heavy atom. The van der Waals surface area contributed by atoms with E-state index >= 15 is 0 Å². The molecule has 0 radical (unpaired) electrons. The average Bonchev–Trinajstić information content (AvgIpc) is 3.06. The van der Waals surface area contributed by atoms with Crippen molar-refractivity contribution in [2.24, 2.45) is 11.7 Å². The Hall–Kier alpha value is -2.41. The number of likely N-dealkylation sites (N-methyl/N-ethyl adjacent to an activating group) is 1. The normalized spacial score (nSPS) is 19.4. The Kier molecular flexibility index (Phi) is 6.96. The first-order valence-corrected chi connectivity index (χ1v) is 9.18. The zero-order valence-corrected chi connectivity index (χ0v) is 16.5. The maximum Gasteiger partial charge on any atom is 0.248 e. The number of likely N-dealkylation sites (tertiary alicyclic amines) is 1. The molecule has 1 saturated heterocycles. The van der Waals surface area contributed by atoms with Crippen LogP contribution in [0, 0.1) is 5.92 Å². The summed E-state index contributed by atoms with van der Waals surface area (Å²) in [4.78, 5) is 38.8. The van der Waals surface area contributed by atoms with E-state index in [1.165, 1.54) is 6.92 Å². The summed E-state index contributed by atoms with van der Waals surface area (Å²) in [6.45, 7) is 6.68. The molecular formula is C20H29N3O4. The molecule has 0 aromatic heterocycles. The number of benzene rings is 1. The Labute approximate surface area is 160 Å². The molecule has 148 valence electrons. The lowest BCUT2D eigenvalue weighted by Crippen LogP contribution is -2.31. The molecule has 0 spiro atoms. The summed E-state index contributed by atoms with van der Waals surface area (Å²) in [5.41, 5.74) is 7.49. The number of hydrogen-bond donors (Lipinski definition) is 1. The van der Waals surface area contributed by atoms with Crippen LogP contribution in [-0.2, 0) is 25.7 Å². The van der Waals surface area contributed by atoms with E-state index in [0.29, 0.717) is 19.6 Å². The van der Waals surface area contributed by atoms with Gasteiger partial charge in [0.15, 0.2) is 0 Å². The highest BCUT2D eigenvalue weighted by Gasteiger charge is 2.38. The molecule has 1 aliphatic rings. The van der Waals surface area contributed by atoms with Crippen LogP contribution in [0.1, 0.15) is 37.8 Å². The van der Waals surface area contributed by atoms with E-state index in [0.717, 1.165) is 11.1 Å². The second kappa shape index (κ2) is 8.99. The van der Waals surface area contributed by atoms with Gasteiger partial charge >= 0.3 is 0 Å². The number of nitrogens with two attached hydrogens (primary N) is 1. The van der Waals surface area contributed by atoms with Crippen LogP contribution >= 0.6 is 0 Å². The van der Waals surface area contributed by atoms with E-state index < -0.39 is 0 Å². The van der Waals surface area contributed by atoms with Crippen LogP contribution in [0.3, 0.4) is 0 Å². The number of rotatable bonds is 7. The Bertz CT molecular complexity index is 687. The van der Waals surface area contributed by atoms with E-state index in [4.69, 9.17) is 10.5 Å². The van der Waals surface area contributed by atoms with Gasteiger partial charge in [0.1, 0.15) is 6.61 Å². The molecule has 1 heterocycles. The van der Waals surface area contributed by atoms with Gasteiger partial charge in [0.25, 0.3) is 0 Å². The van der Waals surface area contributed by atoms with Gasteiger partial charge in [-0.2, -0.15) is 0 Å². The van der Waals surface area contributed by atoms with E-state index in [1.807, 2.05) is 38.1 Å². The van der Waals surface area contributed by atoms with Crippen LogP contribution in [0.15, 0.2) is 24.3 Å². The Balaban J connectivity index is 2.02. The second-order valence-corrected chi connectivity index (χ2v) is 7.39.